The van der Waals surface area contributed by atoms with E-state index in [1.54, 1.807) is 10.7 Å². The van der Waals surface area contributed by atoms with Crippen LogP contribution in [0.3, 0.4) is 0 Å². The molecule has 1 unspecified atom stereocenters. The highest BCUT2D eigenvalue weighted by Gasteiger charge is 2.13. The highest BCUT2D eigenvalue weighted by atomic mass is 127. The number of nitrogens with zero attached hydrogens (tertiary/aromatic N) is 3. The van der Waals surface area contributed by atoms with Crippen LogP contribution >= 0.6 is 34.2 Å². The topological polar surface area (TPSA) is 50.9 Å². The smallest absolute Gasteiger partial charge is 0.138 e. The van der Waals surface area contributed by atoms with Crippen molar-refractivity contribution in [3.05, 3.63) is 44.5 Å². The molecular weight excluding hydrogens is 365 g/mol. The Morgan fingerprint density at radius 3 is 2.94 bits per heavy atom. The second-order valence-corrected chi connectivity index (χ2v) is 5.45. The molecule has 0 radical (unpaired) electrons. The van der Waals surface area contributed by atoms with Gasteiger partial charge in [0.2, 0.25) is 0 Å². The van der Waals surface area contributed by atoms with Crippen molar-refractivity contribution in [2.75, 3.05) is 0 Å². The molecule has 0 amide bonds. The van der Waals surface area contributed by atoms with Crippen molar-refractivity contribution < 1.29 is 5.11 Å². The number of hydrogen-bond acceptors (Lipinski definition) is 3. The Morgan fingerprint density at radius 1 is 1.50 bits per heavy atom. The molecule has 0 aliphatic rings. The Labute approximate surface area is 124 Å². The molecule has 1 aromatic heterocycles. The van der Waals surface area contributed by atoms with Gasteiger partial charge in [-0.3, -0.25) is 4.68 Å². The molecule has 6 heteroatoms. The monoisotopic (exact) mass is 377 g/mol. The number of halogens is 2. The normalized spacial score (nSPS) is 12.7. The molecule has 2 aromatic rings. The average Bonchev–Trinajstić information content (AvgIpc) is 2.79. The van der Waals surface area contributed by atoms with Crippen molar-refractivity contribution in [2.45, 2.75) is 26.0 Å². The second-order valence-electron chi connectivity index (χ2n) is 3.89. The summed E-state index contributed by atoms with van der Waals surface area (Å²) in [6, 6.07) is 5.57. The van der Waals surface area contributed by atoms with Gasteiger partial charge in [-0.15, -0.1) is 0 Å². The number of hydrogen-bond donors (Lipinski definition) is 1. The van der Waals surface area contributed by atoms with Gasteiger partial charge in [0.25, 0.3) is 0 Å². The van der Waals surface area contributed by atoms with Crippen molar-refractivity contribution in [1.29, 1.82) is 0 Å². The summed E-state index contributed by atoms with van der Waals surface area (Å²) in [5.41, 5.74) is 0.797. The first kappa shape index (κ1) is 13.8. The Balaban J connectivity index is 2.16. The van der Waals surface area contributed by atoms with Crippen LogP contribution in [0.25, 0.3) is 0 Å². The van der Waals surface area contributed by atoms with Gasteiger partial charge in [-0.2, -0.15) is 5.10 Å². The highest BCUT2D eigenvalue weighted by molar-refractivity contribution is 14.1. The number of aromatic nitrogens is 3. The van der Waals surface area contributed by atoms with Crippen LogP contribution in [-0.2, 0) is 13.0 Å². The molecule has 1 atom stereocenters. The summed E-state index contributed by atoms with van der Waals surface area (Å²) < 4.78 is 2.75. The van der Waals surface area contributed by atoms with E-state index in [9.17, 15) is 5.11 Å². The Kier molecular flexibility index (Phi) is 4.58. The maximum Gasteiger partial charge on any atom is 0.138 e. The zero-order valence-corrected chi connectivity index (χ0v) is 12.8. The number of aliphatic hydroxyl groups excluding tert-OH is 1. The quantitative estimate of drug-likeness (QED) is 0.834. The summed E-state index contributed by atoms with van der Waals surface area (Å²) in [5, 5.41) is 14.9. The van der Waals surface area contributed by atoms with Crippen molar-refractivity contribution in [3.8, 4) is 0 Å². The molecule has 0 saturated heterocycles. The second kappa shape index (κ2) is 5.99. The van der Waals surface area contributed by atoms with Crippen molar-refractivity contribution in [3.63, 3.8) is 0 Å². The van der Waals surface area contributed by atoms with Crippen molar-refractivity contribution in [2.24, 2.45) is 0 Å². The van der Waals surface area contributed by atoms with Gasteiger partial charge < -0.3 is 5.11 Å². The predicted octanol–water partition coefficient (Wildman–Crippen LogP) is 2.83. The Bertz CT molecular complexity index is 544. The van der Waals surface area contributed by atoms with Crippen molar-refractivity contribution >= 4 is 34.2 Å². The van der Waals surface area contributed by atoms with Gasteiger partial charge in [0.1, 0.15) is 12.2 Å². The van der Waals surface area contributed by atoms with E-state index < -0.39 is 6.10 Å². The molecule has 1 aromatic carbocycles. The third-order valence-corrected chi connectivity index (χ3v) is 4.27. The van der Waals surface area contributed by atoms with Gasteiger partial charge in [0, 0.05) is 16.5 Å². The average molecular weight is 378 g/mol. The summed E-state index contributed by atoms with van der Waals surface area (Å²) >= 11 is 8.20. The molecule has 2 rings (SSSR count). The van der Waals surface area contributed by atoms with E-state index in [0.717, 1.165) is 21.5 Å². The maximum atomic E-state index is 10.2. The summed E-state index contributed by atoms with van der Waals surface area (Å²) in [5.74, 6) is 0.777. The third kappa shape index (κ3) is 3.02. The predicted molar refractivity (Wildman–Crippen MR) is 78.5 cm³/mol. The number of aliphatic hydroxyl groups is 1. The van der Waals surface area contributed by atoms with Gasteiger partial charge in [0.15, 0.2) is 0 Å². The zero-order valence-electron chi connectivity index (χ0n) is 9.85. The van der Waals surface area contributed by atoms with Gasteiger partial charge in [-0.05, 0) is 47.2 Å². The molecule has 18 heavy (non-hydrogen) atoms. The SMILES string of the molecule is CCn1ncnc1CC(O)c1ccc(I)c(Cl)c1. The first-order valence-electron chi connectivity index (χ1n) is 5.61. The van der Waals surface area contributed by atoms with E-state index in [1.807, 2.05) is 19.1 Å². The third-order valence-electron chi connectivity index (χ3n) is 2.70. The zero-order chi connectivity index (χ0) is 13.1. The minimum atomic E-state index is -0.617. The summed E-state index contributed by atoms with van der Waals surface area (Å²) in [7, 11) is 0. The summed E-state index contributed by atoms with van der Waals surface area (Å²) in [6.07, 6.45) is 1.33. The van der Waals surface area contributed by atoms with Gasteiger partial charge in [-0.25, -0.2) is 4.98 Å². The highest BCUT2D eigenvalue weighted by Crippen LogP contribution is 2.24. The standard InChI is InChI=1S/C12H13ClIN3O/c1-2-17-12(15-7-16-17)6-11(18)8-3-4-10(14)9(13)5-8/h3-5,7,11,18H,2,6H2,1H3. The summed E-state index contributed by atoms with van der Waals surface area (Å²) in [4.78, 5) is 4.15. The van der Waals surface area contributed by atoms with E-state index >= 15 is 0 Å². The molecule has 96 valence electrons. The van der Waals surface area contributed by atoms with Crippen LogP contribution in [0, 0.1) is 3.57 Å². The molecule has 0 aliphatic heterocycles. The van der Waals surface area contributed by atoms with Crippen LogP contribution < -0.4 is 0 Å². The number of rotatable bonds is 4. The molecule has 0 bridgehead atoms. The van der Waals surface area contributed by atoms with Crippen LogP contribution in [0.2, 0.25) is 5.02 Å². The van der Waals surface area contributed by atoms with E-state index in [2.05, 4.69) is 32.7 Å². The summed E-state index contributed by atoms with van der Waals surface area (Å²) in [6.45, 7) is 2.74. The van der Waals surface area contributed by atoms with Crippen LogP contribution in [-0.4, -0.2) is 19.9 Å². The van der Waals surface area contributed by atoms with Crippen molar-refractivity contribution in [1.82, 2.24) is 14.8 Å². The lowest BCUT2D eigenvalue weighted by Gasteiger charge is -2.11. The maximum absolute atomic E-state index is 10.2. The van der Waals surface area contributed by atoms with Crippen LogP contribution in [0.4, 0.5) is 0 Å². The fourth-order valence-corrected chi connectivity index (χ4v) is 2.25. The lowest BCUT2D eigenvalue weighted by atomic mass is 10.1. The minimum Gasteiger partial charge on any atom is -0.388 e. The molecule has 0 spiro atoms. The van der Waals surface area contributed by atoms with E-state index in [-0.39, 0.29) is 0 Å². The molecule has 1 N–H and O–H groups in total. The van der Waals surface area contributed by atoms with Gasteiger partial charge in [0.05, 0.1) is 11.1 Å². The molecule has 0 aliphatic carbocycles. The fraction of sp³-hybridized carbons (Fsp3) is 0.333. The lowest BCUT2D eigenvalue weighted by molar-refractivity contribution is 0.174. The Morgan fingerprint density at radius 2 is 2.28 bits per heavy atom. The molecule has 0 saturated carbocycles. The molecule has 0 fully saturated rings. The first-order chi connectivity index (χ1) is 8.61. The number of aryl methyl sites for hydroxylation is 1. The van der Waals surface area contributed by atoms with E-state index in [0.29, 0.717) is 11.4 Å². The van der Waals surface area contributed by atoms with E-state index in [4.69, 9.17) is 11.6 Å². The van der Waals surface area contributed by atoms with Crippen LogP contribution in [0.15, 0.2) is 24.5 Å². The van der Waals surface area contributed by atoms with Gasteiger partial charge >= 0.3 is 0 Å². The first-order valence-corrected chi connectivity index (χ1v) is 7.07. The number of benzene rings is 1. The van der Waals surface area contributed by atoms with Crippen LogP contribution in [0.1, 0.15) is 24.4 Å². The molecule has 1 heterocycles. The molecule has 4 nitrogen and oxygen atoms in total. The van der Waals surface area contributed by atoms with Crippen LogP contribution in [0.5, 0.6) is 0 Å². The fourth-order valence-electron chi connectivity index (χ4n) is 1.72. The molecular formula is C12H13ClIN3O. The van der Waals surface area contributed by atoms with E-state index in [1.165, 1.54) is 6.33 Å². The Hall–Kier alpha value is -0.660. The lowest BCUT2D eigenvalue weighted by Crippen LogP contribution is -2.09. The minimum absolute atomic E-state index is 0.435. The van der Waals surface area contributed by atoms with Gasteiger partial charge in [-0.1, -0.05) is 17.7 Å². The largest absolute Gasteiger partial charge is 0.388 e.